The summed E-state index contributed by atoms with van der Waals surface area (Å²) >= 11 is 0. The second kappa shape index (κ2) is 6.65. The quantitative estimate of drug-likeness (QED) is 0.872. The van der Waals surface area contributed by atoms with Crippen LogP contribution in [0.5, 0.6) is 0 Å². The zero-order chi connectivity index (χ0) is 20.1. The molecule has 1 N–H and O–H groups in total. The second-order valence-electron chi connectivity index (χ2n) is 7.39. The molecule has 1 aliphatic heterocycles. The van der Waals surface area contributed by atoms with Gasteiger partial charge in [0.25, 0.3) is 11.8 Å². The lowest BCUT2D eigenvalue weighted by molar-refractivity contribution is -0.137. The summed E-state index contributed by atoms with van der Waals surface area (Å²) in [5.41, 5.74) is -1.06. The molecule has 2 aliphatic rings. The molecule has 0 spiro atoms. The zero-order valence-electron chi connectivity index (χ0n) is 15.2. The predicted molar refractivity (Wildman–Crippen MR) is 94.8 cm³/mol. The summed E-state index contributed by atoms with van der Waals surface area (Å²) in [6.07, 6.45) is 1.22. The number of nitrogens with zero attached hydrogens (tertiary/aromatic N) is 3. The van der Waals surface area contributed by atoms with Crippen molar-refractivity contribution in [1.29, 1.82) is 0 Å². The van der Waals surface area contributed by atoms with Crippen molar-refractivity contribution in [3.8, 4) is 0 Å². The van der Waals surface area contributed by atoms with E-state index < -0.39 is 23.6 Å². The summed E-state index contributed by atoms with van der Waals surface area (Å²) in [5.74, 6) is -0.612. The van der Waals surface area contributed by atoms with E-state index in [2.05, 4.69) is 10.3 Å². The fourth-order valence-corrected chi connectivity index (χ4v) is 4.00. The van der Waals surface area contributed by atoms with Gasteiger partial charge in [0.05, 0.1) is 11.9 Å². The number of likely N-dealkylation sites (tertiary alicyclic amines) is 1. The molecule has 2 heterocycles. The van der Waals surface area contributed by atoms with Crippen molar-refractivity contribution >= 4 is 17.5 Å². The van der Waals surface area contributed by atoms with Crippen LogP contribution in [0.4, 0.5) is 18.9 Å². The number of nitrogens with one attached hydrogen (secondary N) is 1. The van der Waals surface area contributed by atoms with Crippen molar-refractivity contribution in [3.63, 3.8) is 0 Å². The first kappa shape index (κ1) is 18.5. The Labute approximate surface area is 159 Å². The largest absolute Gasteiger partial charge is 0.416 e. The van der Waals surface area contributed by atoms with Gasteiger partial charge in [-0.05, 0) is 37.0 Å². The number of aromatic nitrogens is 2. The average Bonchev–Trinajstić information content (AvgIpc) is 3.20. The highest BCUT2D eigenvalue weighted by Crippen LogP contribution is 2.40. The van der Waals surface area contributed by atoms with E-state index in [1.54, 1.807) is 16.5 Å². The van der Waals surface area contributed by atoms with Crippen LogP contribution in [0.25, 0.3) is 0 Å². The molecule has 2 fully saturated rings. The Morgan fingerprint density at radius 2 is 2.00 bits per heavy atom. The Morgan fingerprint density at radius 1 is 1.21 bits per heavy atom. The number of rotatable bonds is 3. The number of alkyl halides is 3. The summed E-state index contributed by atoms with van der Waals surface area (Å²) in [6, 6.07) is 3.09. The van der Waals surface area contributed by atoms with Crippen molar-refractivity contribution in [3.05, 3.63) is 47.5 Å². The molecule has 4 rings (SSSR count). The fourth-order valence-electron chi connectivity index (χ4n) is 4.00. The number of carbonyl (C=O) groups excluding carboxylic acids is 2. The van der Waals surface area contributed by atoms with E-state index in [0.717, 1.165) is 31.4 Å². The zero-order valence-corrected chi connectivity index (χ0v) is 15.2. The summed E-state index contributed by atoms with van der Waals surface area (Å²) in [7, 11) is 1.67. The van der Waals surface area contributed by atoms with Crippen molar-refractivity contribution in [2.24, 2.45) is 13.0 Å². The lowest BCUT2D eigenvalue weighted by atomic mass is 9.91. The average molecular weight is 392 g/mol. The highest BCUT2D eigenvalue weighted by molar-refractivity contribution is 6.04. The van der Waals surface area contributed by atoms with Crippen LogP contribution in [0.2, 0.25) is 0 Å². The van der Waals surface area contributed by atoms with Gasteiger partial charge in [-0.2, -0.15) is 13.2 Å². The molecule has 2 aromatic rings. The van der Waals surface area contributed by atoms with Gasteiger partial charge >= 0.3 is 6.18 Å². The molecule has 1 aromatic heterocycles. The summed E-state index contributed by atoms with van der Waals surface area (Å²) in [6.45, 7) is 0.579. The SMILES string of the molecule is Cn1cnc(C(=O)Nc2cc(C(=O)N3C[C@@H]4CCC[C@@H]43)cc(C(F)(F)F)c2)c1. The van der Waals surface area contributed by atoms with Crippen molar-refractivity contribution in [2.45, 2.75) is 31.5 Å². The van der Waals surface area contributed by atoms with Crippen LogP contribution >= 0.6 is 0 Å². The Balaban J connectivity index is 1.62. The monoisotopic (exact) mass is 392 g/mol. The van der Waals surface area contributed by atoms with Crippen molar-refractivity contribution in [1.82, 2.24) is 14.5 Å². The third-order valence-electron chi connectivity index (χ3n) is 5.41. The molecule has 0 bridgehead atoms. The topological polar surface area (TPSA) is 67.2 Å². The normalized spacial score (nSPS) is 21.2. The van der Waals surface area contributed by atoms with Crippen molar-refractivity contribution < 1.29 is 22.8 Å². The first-order chi connectivity index (χ1) is 13.2. The smallest absolute Gasteiger partial charge is 0.340 e. The number of hydrogen-bond donors (Lipinski definition) is 1. The minimum Gasteiger partial charge on any atom is -0.340 e. The number of carbonyl (C=O) groups is 2. The minimum atomic E-state index is -4.63. The van der Waals surface area contributed by atoms with Crippen LogP contribution in [-0.4, -0.2) is 38.9 Å². The molecule has 1 saturated carbocycles. The van der Waals surface area contributed by atoms with Crippen LogP contribution < -0.4 is 5.32 Å². The molecule has 0 radical (unpaired) electrons. The van der Waals surface area contributed by atoms with Gasteiger partial charge in [-0.25, -0.2) is 4.98 Å². The number of hydrogen-bond acceptors (Lipinski definition) is 3. The van der Waals surface area contributed by atoms with E-state index in [1.807, 2.05) is 0 Å². The molecule has 6 nitrogen and oxygen atoms in total. The molecule has 1 aromatic carbocycles. The van der Waals surface area contributed by atoms with Gasteiger partial charge in [0.2, 0.25) is 0 Å². The number of aryl methyl sites for hydroxylation is 1. The molecular weight excluding hydrogens is 373 g/mol. The number of benzene rings is 1. The molecule has 2 amide bonds. The van der Waals surface area contributed by atoms with Gasteiger partial charge < -0.3 is 14.8 Å². The highest BCUT2D eigenvalue weighted by Gasteiger charge is 2.45. The number of amides is 2. The van der Waals surface area contributed by atoms with Gasteiger partial charge in [0.1, 0.15) is 5.69 Å². The third-order valence-corrected chi connectivity index (χ3v) is 5.41. The van der Waals surface area contributed by atoms with Crippen LogP contribution in [-0.2, 0) is 13.2 Å². The molecule has 0 unspecified atom stereocenters. The van der Waals surface area contributed by atoms with Crippen molar-refractivity contribution in [2.75, 3.05) is 11.9 Å². The first-order valence-electron chi connectivity index (χ1n) is 9.05. The highest BCUT2D eigenvalue weighted by atomic mass is 19.4. The third kappa shape index (κ3) is 3.36. The molecule has 2 atom stereocenters. The maximum absolute atomic E-state index is 13.3. The van der Waals surface area contributed by atoms with E-state index in [0.29, 0.717) is 12.5 Å². The predicted octanol–water partition coefficient (Wildman–Crippen LogP) is 3.32. The Hall–Kier alpha value is -2.84. The number of fused-ring (bicyclic) bond motifs is 1. The Bertz CT molecular complexity index is 938. The maximum Gasteiger partial charge on any atom is 0.416 e. The Kier molecular flexibility index (Phi) is 4.40. The summed E-state index contributed by atoms with van der Waals surface area (Å²) < 4.78 is 41.6. The standard InChI is InChI=1S/C19H19F3N4O2/c1-25-9-15(23-10-25)17(27)24-14-6-12(5-13(7-14)19(20,21)22)18(28)26-8-11-3-2-4-16(11)26/h5-7,9-11,16H,2-4,8H2,1H3,(H,24,27)/t11-,16-/m0/s1. The molecule has 9 heteroatoms. The molecule has 28 heavy (non-hydrogen) atoms. The van der Waals surface area contributed by atoms with Gasteiger partial charge in [-0.1, -0.05) is 6.42 Å². The second-order valence-corrected chi connectivity index (χ2v) is 7.39. The summed E-state index contributed by atoms with van der Waals surface area (Å²) in [4.78, 5) is 30.6. The van der Waals surface area contributed by atoms with Crippen LogP contribution in [0.1, 0.15) is 45.7 Å². The van der Waals surface area contributed by atoms with E-state index in [-0.39, 0.29) is 23.0 Å². The van der Waals surface area contributed by atoms with Gasteiger partial charge in [0.15, 0.2) is 0 Å². The van der Waals surface area contributed by atoms with Gasteiger partial charge in [-0.15, -0.1) is 0 Å². The summed E-state index contributed by atoms with van der Waals surface area (Å²) in [5, 5.41) is 2.42. The molecule has 148 valence electrons. The lowest BCUT2D eigenvalue weighted by Gasteiger charge is -2.44. The number of imidazole rings is 1. The molecule has 1 saturated heterocycles. The van der Waals surface area contributed by atoms with E-state index in [9.17, 15) is 22.8 Å². The van der Waals surface area contributed by atoms with Gasteiger partial charge in [-0.3, -0.25) is 9.59 Å². The molecular formula is C19H19F3N4O2. The van der Waals surface area contributed by atoms with Gasteiger partial charge in [0, 0.05) is 37.1 Å². The van der Waals surface area contributed by atoms with E-state index in [1.165, 1.54) is 18.6 Å². The maximum atomic E-state index is 13.3. The van der Waals surface area contributed by atoms with E-state index >= 15 is 0 Å². The number of anilines is 1. The van der Waals surface area contributed by atoms with Crippen LogP contribution in [0.3, 0.4) is 0 Å². The lowest BCUT2D eigenvalue weighted by Crippen LogP contribution is -2.55. The molecule has 1 aliphatic carbocycles. The fraction of sp³-hybridized carbons (Fsp3) is 0.421. The minimum absolute atomic E-state index is 0.0727. The first-order valence-corrected chi connectivity index (χ1v) is 9.05. The number of halogens is 3. The van der Waals surface area contributed by atoms with E-state index in [4.69, 9.17) is 0 Å². The Morgan fingerprint density at radius 3 is 2.64 bits per heavy atom. The van der Waals surface area contributed by atoms with Crippen LogP contribution in [0, 0.1) is 5.92 Å². The van der Waals surface area contributed by atoms with Crippen LogP contribution in [0.15, 0.2) is 30.7 Å².